The summed E-state index contributed by atoms with van der Waals surface area (Å²) in [7, 11) is 1.58. The van der Waals surface area contributed by atoms with E-state index in [-0.39, 0.29) is 24.5 Å². The Balaban J connectivity index is 2.38. The lowest BCUT2D eigenvalue weighted by Crippen LogP contribution is -2.42. The van der Waals surface area contributed by atoms with Gasteiger partial charge in [-0.05, 0) is 38.5 Å². The van der Waals surface area contributed by atoms with Crippen molar-refractivity contribution < 1.29 is 19.1 Å². The molecule has 1 amide bonds. The van der Waals surface area contributed by atoms with Crippen LogP contribution >= 0.6 is 0 Å². The van der Waals surface area contributed by atoms with Gasteiger partial charge in [-0.3, -0.25) is 9.59 Å². The Bertz CT molecular complexity index is 460. The molecule has 5 nitrogen and oxygen atoms in total. The number of rotatable bonds is 5. The highest BCUT2D eigenvalue weighted by molar-refractivity contribution is 5.81. The molecule has 5 heteroatoms. The highest BCUT2D eigenvalue weighted by Gasteiger charge is 2.15. The van der Waals surface area contributed by atoms with Crippen LogP contribution in [0.3, 0.4) is 0 Å². The summed E-state index contributed by atoms with van der Waals surface area (Å²) in [5.41, 5.74) is 0.478. The van der Waals surface area contributed by atoms with E-state index in [0.717, 1.165) is 11.3 Å². The van der Waals surface area contributed by atoms with Gasteiger partial charge in [0.05, 0.1) is 13.5 Å². The minimum atomic E-state index is -0.431. The number of carbonyl (C=O) groups is 2. The molecule has 0 aliphatic heterocycles. The van der Waals surface area contributed by atoms with Crippen molar-refractivity contribution in [3.8, 4) is 5.75 Å². The summed E-state index contributed by atoms with van der Waals surface area (Å²) in [6.45, 7) is 5.34. The molecule has 1 aromatic rings. The van der Waals surface area contributed by atoms with Crippen LogP contribution in [0.25, 0.3) is 0 Å². The summed E-state index contributed by atoms with van der Waals surface area (Å²) < 4.78 is 9.96. The van der Waals surface area contributed by atoms with Crippen LogP contribution in [0.5, 0.6) is 5.75 Å². The standard InChI is InChI=1S/C15H21NO4/c1-15(2,3)16-13(17)10-20-14(18)9-11-5-7-12(19-4)8-6-11/h5-8H,9-10H2,1-4H3,(H,16,17). The normalized spacial score (nSPS) is 10.8. The van der Waals surface area contributed by atoms with Crippen molar-refractivity contribution in [1.29, 1.82) is 0 Å². The third kappa shape index (κ3) is 6.22. The predicted octanol–water partition coefficient (Wildman–Crippen LogP) is 1.70. The second kappa shape index (κ2) is 6.93. The van der Waals surface area contributed by atoms with Crippen LogP contribution in [0, 0.1) is 0 Å². The Labute approximate surface area is 119 Å². The molecule has 1 N–H and O–H groups in total. The van der Waals surface area contributed by atoms with E-state index in [0.29, 0.717) is 0 Å². The predicted molar refractivity (Wildman–Crippen MR) is 75.6 cm³/mol. The van der Waals surface area contributed by atoms with E-state index in [1.54, 1.807) is 31.4 Å². The van der Waals surface area contributed by atoms with Crippen LogP contribution in [0.4, 0.5) is 0 Å². The Morgan fingerprint density at radius 2 is 1.75 bits per heavy atom. The van der Waals surface area contributed by atoms with Crippen LogP contribution in [-0.4, -0.2) is 31.1 Å². The molecule has 0 radical (unpaired) electrons. The molecule has 0 aliphatic carbocycles. The molecule has 1 rings (SSSR count). The molecule has 0 heterocycles. The zero-order chi connectivity index (χ0) is 15.2. The average Bonchev–Trinajstić information content (AvgIpc) is 2.35. The maximum atomic E-state index is 11.6. The highest BCUT2D eigenvalue weighted by atomic mass is 16.5. The Morgan fingerprint density at radius 1 is 1.15 bits per heavy atom. The fourth-order valence-electron chi connectivity index (χ4n) is 1.56. The summed E-state index contributed by atoms with van der Waals surface area (Å²) in [6, 6.07) is 7.12. The lowest BCUT2D eigenvalue weighted by molar-refractivity contribution is -0.148. The van der Waals surface area contributed by atoms with Gasteiger partial charge >= 0.3 is 5.97 Å². The number of amides is 1. The molecule has 0 aliphatic rings. The first-order chi connectivity index (χ1) is 9.30. The van der Waals surface area contributed by atoms with Gasteiger partial charge in [0.15, 0.2) is 6.61 Å². The maximum absolute atomic E-state index is 11.6. The summed E-state index contributed by atoms with van der Waals surface area (Å²) >= 11 is 0. The smallest absolute Gasteiger partial charge is 0.310 e. The second-order valence-electron chi connectivity index (χ2n) is 5.48. The summed E-state index contributed by atoms with van der Waals surface area (Å²) in [4.78, 5) is 23.1. The van der Waals surface area contributed by atoms with Gasteiger partial charge in [-0.25, -0.2) is 0 Å². The molecule has 110 valence electrons. The van der Waals surface area contributed by atoms with E-state index in [4.69, 9.17) is 9.47 Å². The Kier molecular flexibility index (Phi) is 5.55. The van der Waals surface area contributed by atoms with Crippen molar-refractivity contribution >= 4 is 11.9 Å². The number of methoxy groups -OCH3 is 1. The van der Waals surface area contributed by atoms with Gasteiger partial charge < -0.3 is 14.8 Å². The number of nitrogens with one attached hydrogen (secondary N) is 1. The van der Waals surface area contributed by atoms with Gasteiger partial charge in [0, 0.05) is 5.54 Å². The third-order valence-electron chi connectivity index (χ3n) is 2.39. The molecule has 0 fully saturated rings. The number of carbonyl (C=O) groups excluding carboxylic acids is 2. The zero-order valence-electron chi connectivity index (χ0n) is 12.4. The van der Waals surface area contributed by atoms with Gasteiger partial charge in [-0.15, -0.1) is 0 Å². The minimum Gasteiger partial charge on any atom is -0.497 e. The molecule has 1 aromatic carbocycles. The quantitative estimate of drug-likeness (QED) is 0.833. The first kappa shape index (κ1) is 16.0. The van der Waals surface area contributed by atoms with Crippen LogP contribution < -0.4 is 10.1 Å². The number of esters is 1. The summed E-state index contributed by atoms with van der Waals surface area (Å²) in [5.74, 6) is -0.00789. The average molecular weight is 279 g/mol. The number of benzene rings is 1. The number of ether oxygens (including phenoxy) is 2. The third-order valence-corrected chi connectivity index (χ3v) is 2.39. The van der Waals surface area contributed by atoms with Crippen molar-refractivity contribution in [3.63, 3.8) is 0 Å². The molecular weight excluding hydrogens is 258 g/mol. The van der Waals surface area contributed by atoms with E-state index in [1.807, 2.05) is 20.8 Å². The van der Waals surface area contributed by atoms with Crippen LogP contribution in [0.1, 0.15) is 26.3 Å². The van der Waals surface area contributed by atoms with Crippen molar-refractivity contribution in [2.45, 2.75) is 32.7 Å². The van der Waals surface area contributed by atoms with Crippen LogP contribution in [0.15, 0.2) is 24.3 Å². The molecular formula is C15H21NO4. The van der Waals surface area contributed by atoms with Crippen molar-refractivity contribution in [2.75, 3.05) is 13.7 Å². The molecule has 0 saturated carbocycles. The number of hydrogen-bond acceptors (Lipinski definition) is 4. The molecule has 0 atom stereocenters. The van der Waals surface area contributed by atoms with E-state index >= 15 is 0 Å². The van der Waals surface area contributed by atoms with Crippen LogP contribution in [-0.2, 0) is 20.7 Å². The molecule has 0 unspecified atom stereocenters. The zero-order valence-corrected chi connectivity index (χ0v) is 12.4. The summed E-state index contributed by atoms with van der Waals surface area (Å²) in [5, 5.41) is 2.72. The van der Waals surface area contributed by atoms with E-state index in [1.165, 1.54) is 0 Å². The van der Waals surface area contributed by atoms with Gasteiger partial charge in [0.1, 0.15) is 5.75 Å². The topological polar surface area (TPSA) is 64.6 Å². The second-order valence-corrected chi connectivity index (χ2v) is 5.48. The number of hydrogen-bond donors (Lipinski definition) is 1. The van der Waals surface area contributed by atoms with E-state index in [9.17, 15) is 9.59 Å². The fraction of sp³-hybridized carbons (Fsp3) is 0.467. The fourth-order valence-corrected chi connectivity index (χ4v) is 1.56. The molecule has 0 spiro atoms. The van der Waals surface area contributed by atoms with Gasteiger partial charge in [0.2, 0.25) is 0 Å². The Hall–Kier alpha value is -2.04. The van der Waals surface area contributed by atoms with Crippen LogP contribution in [0.2, 0.25) is 0 Å². The molecule has 0 bridgehead atoms. The maximum Gasteiger partial charge on any atom is 0.310 e. The molecule has 0 saturated heterocycles. The monoisotopic (exact) mass is 279 g/mol. The lowest BCUT2D eigenvalue weighted by atomic mass is 10.1. The lowest BCUT2D eigenvalue weighted by Gasteiger charge is -2.20. The molecule has 0 aromatic heterocycles. The highest BCUT2D eigenvalue weighted by Crippen LogP contribution is 2.11. The largest absolute Gasteiger partial charge is 0.497 e. The van der Waals surface area contributed by atoms with Gasteiger partial charge in [0.25, 0.3) is 5.91 Å². The van der Waals surface area contributed by atoms with Crippen molar-refractivity contribution in [1.82, 2.24) is 5.32 Å². The SMILES string of the molecule is COc1ccc(CC(=O)OCC(=O)NC(C)(C)C)cc1. The first-order valence-electron chi connectivity index (χ1n) is 6.40. The van der Waals surface area contributed by atoms with E-state index < -0.39 is 5.97 Å². The first-order valence-corrected chi connectivity index (χ1v) is 6.40. The van der Waals surface area contributed by atoms with Crippen molar-refractivity contribution in [2.24, 2.45) is 0 Å². The molecule has 20 heavy (non-hydrogen) atoms. The van der Waals surface area contributed by atoms with Gasteiger partial charge in [-0.1, -0.05) is 12.1 Å². The van der Waals surface area contributed by atoms with Crippen molar-refractivity contribution in [3.05, 3.63) is 29.8 Å². The Morgan fingerprint density at radius 3 is 2.25 bits per heavy atom. The minimum absolute atomic E-state index is 0.132. The van der Waals surface area contributed by atoms with E-state index in [2.05, 4.69) is 5.32 Å². The van der Waals surface area contributed by atoms with Gasteiger partial charge in [-0.2, -0.15) is 0 Å². The summed E-state index contributed by atoms with van der Waals surface area (Å²) in [6.07, 6.45) is 0.132.